The first-order chi connectivity index (χ1) is 31.9. The third kappa shape index (κ3) is 11.9. The third-order valence-electron chi connectivity index (χ3n) is 10.9. The molecule has 0 fully saturated rings. The molecular formula is C37H55N9O22. The molecule has 31 nitrogen and oxygen atoms in total. The fourth-order valence-corrected chi connectivity index (χ4v) is 7.21. The molecule has 68 heavy (non-hydrogen) atoms. The lowest BCUT2D eigenvalue weighted by Gasteiger charge is -2.37. The number of ether oxygens (including phenoxy) is 8. The second kappa shape index (κ2) is 21.6. The molecule has 0 aliphatic carbocycles. The van der Waals surface area contributed by atoms with Crippen molar-refractivity contribution in [2.24, 2.45) is 0 Å². The van der Waals surface area contributed by atoms with Crippen molar-refractivity contribution < 1.29 is 104 Å². The van der Waals surface area contributed by atoms with Crippen molar-refractivity contribution in [3.8, 4) is 48.1 Å². The van der Waals surface area contributed by atoms with Gasteiger partial charge in [-0.15, -0.1) is 39.9 Å². The SMILES string of the molecule is CC(O)C(O)C(Oc1nc2nc(n1)OC(C(C)O)C(O)C(O)C1Oc3nc(nc(=O)[nH]3)OC(C(O)CC3Oc4nc(nc(n4)OC(C(C)O)C(O)C1O)OC(C(C)O)C3O)C(O)C(C)O2)C(C)O. The van der Waals surface area contributed by atoms with Crippen LogP contribution in [0.25, 0.3) is 0 Å². The Morgan fingerprint density at radius 1 is 0.515 bits per heavy atom. The molecule has 3 aromatic rings. The molecule has 0 saturated carbocycles. The lowest BCUT2D eigenvalue weighted by atomic mass is 9.91. The van der Waals surface area contributed by atoms with Gasteiger partial charge in [0.2, 0.25) is 0 Å². The van der Waals surface area contributed by atoms with E-state index < -0.39 is 188 Å². The standard InChI is InChI=1S/C37H55N9O22/c1-8(47)16(53)23(9(2)48)63-34-41-32-42-35(45-34)65-25(11(4)50)19(56)21(58)28-22(59)20(57)26(12(5)51)66-37-44-33-43-36(46-37)64-24(10(3)49)18(55)15(62-33)7-14(52)27(17(54)13(6)61-32)67-30-38-29(60)39-31(40-30)68-28/h8-28,47-59H,7H2,1-6H3,(H,38,39,40,60). The van der Waals surface area contributed by atoms with Gasteiger partial charge in [0.1, 0.15) is 54.9 Å². The van der Waals surface area contributed by atoms with Crippen LogP contribution in [0, 0.1) is 0 Å². The largest absolute Gasteiger partial charge is 0.457 e. The fourth-order valence-electron chi connectivity index (χ4n) is 7.21. The van der Waals surface area contributed by atoms with Crippen LogP contribution >= 0.6 is 0 Å². The van der Waals surface area contributed by atoms with Gasteiger partial charge in [0, 0.05) is 6.42 Å². The van der Waals surface area contributed by atoms with Gasteiger partial charge in [0.25, 0.3) is 0 Å². The number of aliphatic hydroxyl groups is 13. The zero-order chi connectivity index (χ0) is 50.0. The zero-order valence-electron chi connectivity index (χ0n) is 36.9. The van der Waals surface area contributed by atoms with Crippen molar-refractivity contribution in [1.29, 1.82) is 0 Å². The molecule has 0 radical (unpaired) electrons. The molecule has 6 heterocycles. The number of nitrogens with one attached hydrogen (secondary N) is 1. The monoisotopic (exact) mass is 977 g/mol. The Kier molecular flexibility index (Phi) is 16.5. The van der Waals surface area contributed by atoms with Crippen LogP contribution in [0.2, 0.25) is 0 Å². The molecular weight excluding hydrogens is 922 g/mol. The summed E-state index contributed by atoms with van der Waals surface area (Å²) in [7, 11) is 0. The van der Waals surface area contributed by atoms with Gasteiger partial charge in [-0.25, -0.2) is 4.79 Å². The lowest BCUT2D eigenvalue weighted by molar-refractivity contribution is -0.172. The fraction of sp³-hybridized carbons (Fsp3) is 0.757. The average molecular weight is 978 g/mol. The Bertz CT molecular complexity index is 2200. The highest BCUT2D eigenvalue weighted by Crippen LogP contribution is 2.31. The Morgan fingerprint density at radius 3 is 1.46 bits per heavy atom. The minimum atomic E-state index is -2.56. The van der Waals surface area contributed by atoms with Gasteiger partial charge in [0.05, 0.1) is 36.6 Å². The first-order valence-corrected chi connectivity index (χ1v) is 21.1. The number of aliphatic hydroxyl groups excluding tert-OH is 13. The van der Waals surface area contributed by atoms with Gasteiger partial charge < -0.3 is 104 Å². The Labute approximate surface area is 383 Å². The van der Waals surface area contributed by atoms with Gasteiger partial charge in [-0.2, -0.15) is 0 Å². The first-order valence-electron chi connectivity index (χ1n) is 21.1. The summed E-state index contributed by atoms with van der Waals surface area (Å²) in [5.41, 5.74) is -1.31. The van der Waals surface area contributed by atoms with E-state index in [1.165, 1.54) is 27.7 Å². The van der Waals surface area contributed by atoms with E-state index >= 15 is 0 Å². The maximum Gasteiger partial charge on any atom is 0.353 e. The summed E-state index contributed by atoms with van der Waals surface area (Å²) in [4.78, 5) is 46.5. The van der Waals surface area contributed by atoms with Crippen molar-refractivity contribution in [3.05, 3.63) is 10.5 Å². The van der Waals surface area contributed by atoms with Gasteiger partial charge in [-0.05, 0) is 41.5 Å². The molecule has 3 aliphatic heterocycles. The third-order valence-corrected chi connectivity index (χ3v) is 10.9. The Hall–Kier alpha value is -5.29. The van der Waals surface area contributed by atoms with E-state index in [2.05, 4.69) is 44.9 Å². The van der Waals surface area contributed by atoms with Crippen molar-refractivity contribution in [3.63, 3.8) is 0 Å². The van der Waals surface area contributed by atoms with E-state index in [1.54, 1.807) is 0 Å². The smallest absolute Gasteiger partial charge is 0.353 e. The van der Waals surface area contributed by atoms with Crippen LogP contribution in [0.4, 0.5) is 0 Å². The zero-order valence-corrected chi connectivity index (χ0v) is 36.9. The molecule has 0 amide bonds. The second-order valence-electron chi connectivity index (χ2n) is 16.5. The molecule has 0 saturated heterocycles. The number of rotatable bonds is 8. The molecule has 31 heteroatoms. The summed E-state index contributed by atoms with van der Waals surface area (Å²) in [5.74, 6) is 0. The number of nitrogens with zero attached hydrogens (tertiary/aromatic N) is 8. The van der Waals surface area contributed by atoms with Gasteiger partial charge >= 0.3 is 53.8 Å². The summed E-state index contributed by atoms with van der Waals surface area (Å²) in [5, 5.41) is 146. The maximum atomic E-state index is 13.0. The predicted octanol–water partition coefficient (Wildman–Crippen LogP) is -7.84. The van der Waals surface area contributed by atoms with Crippen LogP contribution < -0.4 is 43.6 Å². The van der Waals surface area contributed by atoms with Crippen LogP contribution in [0.3, 0.4) is 0 Å². The summed E-state index contributed by atoms with van der Waals surface area (Å²) in [6.45, 7) is 6.94. The number of fused-ring (bicyclic) bond motifs is 7. The van der Waals surface area contributed by atoms with Gasteiger partial charge in [0.15, 0.2) is 36.6 Å². The van der Waals surface area contributed by atoms with Crippen LogP contribution in [0.5, 0.6) is 48.1 Å². The molecule has 10 bridgehead atoms. The number of aromatic amines is 1. The van der Waals surface area contributed by atoms with Crippen molar-refractivity contribution in [1.82, 2.24) is 44.9 Å². The number of H-pyrrole nitrogens is 1. The number of aromatic nitrogens is 9. The van der Waals surface area contributed by atoms with E-state index in [0.717, 1.165) is 13.8 Å². The van der Waals surface area contributed by atoms with Crippen LogP contribution in [-0.4, -0.2) is 239 Å². The summed E-state index contributed by atoms with van der Waals surface area (Å²) < 4.78 is 46.0. The van der Waals surface area contributed by atoms with Crippen LogP contribution in [0.15, 0.2) is 4.79 Å². The molecule has 380 valence electrons. The maximum absolute atomic E-state index is 13.0. The van der Waals surface area contributed by atoms with E-state index in [4.69, 9.17) is 37.9 Å². The summed E-state index contributed by atoms with van der Waals surface area (Å²) in [6, 6.07) is -6.53. The highest BCUT2D eigenvalue weighted by molar-refractivity contribution is 5.15. The minimum absolute atomic E-state index is 0.631. The van der Waals surface area contributed by atoms with Crippen LogP contribution in [-0.2, 0) is 0 Å². The van der Waals surface area contributed by atoms with Crippen molar-refractivity contribution >= 4 is 0 Å². The predicted molar refractivity (Wildman–Crippen MR) is 214 cm³/mol. The highest BCUT2D eigenvalue weighted by Gasteiger charge is 2.48. The Morgan fingerprint density at radius 2 is 0.971 bits per heavy atom. The van der Waals surface area contributed by atoms with E-state index in [9.17, 15) is 71.2 Å². The first kappa shape index (κ1) is 52.1. The van der Waals surface area contributed by atoms with E-state index in [-0.39, 0.29) is 0 Å². The normalized spacial score (nSPS) is 34.2. The molecule has 0 spiro atoms. The molecule has 14 N–H and O–H groups in total. The molecule has 3 aromatic heterocycles. The summed E-state index contributed by atoms with van der Waals surface area (Å²) >= 11 is 0. The van der Waals surface area contributed by atoms with E-state index in [0.29, 0.717) is 0 Å². The lowest BCUT2D eigenvalue weighted by Crippen LogP contribution is -2.60. The Balaban J connectivity index is 1.58. The molecule has 3 aliphatic rings. The number of hydrogen-bond acceptors (Lipinski definition) is 30. The average Bonchev–Trinajstić information content (AvgIpc) is 3.25. The number of hydrogen-bond donors (Lipinski definition) is 14. The molecule has 21 atom stereocenters. The van der Waals surface area contributed by atoms with Gasteiger partial charge in [-0.3, -0.25) is 4.98 Å². The minimum Gasteiger partial charge on any atom is -0.457 e. The quantitative estimate of drug-likeness (QED) is 0.0997. The highest BCUT2D eigenvalue weighted by atomic mass is 16.6. The summed E-state index contributed by atoms with van der Waals surface area (Å²) in [6.07, 6.45) is -41.9. The van der Waals surface area contributed by atoms with Crippen LogP contribution in [0.1, 0.15) is 48.0 Å². The topological polar surface area (TPSA) is 473 Å². The van der Waals surface area contributed by atoms with E-state index in [1.807, 2.05) is 0 Å². The molecule has 0 aromatic carbocycles. The van der Waals surface area contributed by atoms with Crippen molar-refractivity contribution in [2.75, 3.05) is 0 Å². The second-order valence-corrected chi connectivity index (χ2v) is 16.5. The van der Waals surface area contributed by atoms with Gasteiger partial charge in [-0.1, -0.05) is 0 Å². The molecule has 6 rings (SSSR count). The molecule has 21 unspecified atom stereocenters. The van der Waals surface area contributed by atoms with Crippen molar-refractivity contribution in [2.45, 2.75) is 176 Å².